The van der Waals surface area contributed by atoms with Crippen molar-refractivity contribution < 1.29 is 19.5 Å². The molecule has 31 heavy (non-hydrogen) atoms. The van der Waals surface area contributed by atoms with Crippen molar-refractivity contribution in [3.05, 3.63) is 41.5 Å². The molecule has 4 N–H and O–H groups in total. The first-order valence-corrected chi connectivity index (χ1v) is 10.6. The van der Waals surface area contributed by atoms with Crippen LogP contribution in [0, 0.1) is 11.8 Å². The highest BCUT2D eigenvalue weighted by Gasteiger charge is 2.51. The number of aliphatic hydroxyl groups excluding tert-OH is 1. The smallest absolute Gasteiger partial charge is 0.280 e. The van der Waals surface area contributed by atoms with Gasteiger partial charge in [0, 0.05) is 38.1 Å². The molecular formula is C21H28N6O4. The molecular weight excluding hydrogens is 400 g/mol. The molecule has 4 rings (SSSR count). The molecule has 2 aliphatic heterocycles. The number of carbonyl (C=O) groups excluding carboxylic acids is 3. The maximum absolute atomic E-state index is 13.1. The van der Waals surface area contributed by atoms with E-state index in [0.29, 0.717) is 13.1 Å². The number of aromatic nitrogens is 1. The number of nitrogens with one attached hydrogen (secondary N) is 3. The molecule has 3 aliphatic rings. The number of amides is 3. The van der Waals surface area contributed by atoms with Crippen molar-refractivity contribution in [3.8, 4) is 0 Å². The summed E-state index contributed by atoms with van der Waals surface area (Å²) in [7, 11) is 0. The lowest BCUT2D eigenvalue weighted by Crippen LogP contribution is -2.60. The summed E-state index contributed by atoms with van der Waals surface area (Å²) in [5.74, 6) is -2.29. The normalized spacial score (nSPS) is 23.3. The van der Waals surface area contributed by atoms with E-state index >= 15 is 0 Å². The highest BCUT2D eigenvalue weighted by atomic mass is 16.3. The van der Waals surface area contributed by atoms with Gasteiger partial charge in [0.25, 0.3) is 11.8 Å². The Morgan fingerprint density at radius 1 is 1.29 bits per heavy atom. The van der Waals surface area contributed by atoms with E-state index < -0.39 is 23.9 Å². The predicted octanol–water partition coefficient (Wildman–Crippen LogP) is 0.00670. The Morgan fingerprint density at radius 2 is 2.00 bits per heavy atom. The molecule has 0 radical (unpaired) electrons. The van der Waals surface area contributed by atoms with Crippen LogP contribution in [0.4, 0.5) is 0 Å². The second-order valence-electron chi connectivity index (χ2n) is 8.62. The third-order valence-corrected chi connectivity index (χ3v) is 5.61. The molecule has 1 saturated heterocycles. The molecule has 1 aromatic heterocycles. The Balaban J connectivity index is 1.56. The fourth-order valence-electron chi connectivity index (χ4n) is 3.93. The zero-order valence-electron chi connectivity index (χ0n) is 17.7. The summed E-state index contributed by atoms with van der Waals surface area (Å²) < 4.78 is 0. The molecule has 3 heterocycles. The number of hydrogen-bond donors (Lipinski definition) is 4. The molecule has 2 fully saturated rings. The topological polar surface area (TPSA) is 127 Å². The monoisotopic (exact) mass is 428 g/mol. The lowest BCUT2D eigenvalue weighted by Gasteiger charge is -2.42. The lowest BCUT2D eigenvalue weighted by molar-refractivity contribution is -0.144. The largest absolute Gasteiger partial charge is 0.494 e. The van der Waals surface area contributed by atoms with Crippen molar-refractivity contribution in [1.29, 1.82) is 0 Å². The number of hydrogen-bond acceptors (Lipinski definition) is 7. The fraction of sp³-hybridized carbons (Fsp3) is 0.524. The summed E-state index contributed by atoms with van der Waals surface area (Å²) in [5.41, 5.74) is 3.59. The Labute approximate surface area is 180 Å². The standard InChI is InChI=1S/C21H28N6O4/c1-12(2)11-26-19-15(17(28)23-9-13-5-7-22-8-6-13)10-24-27(19)21(31)16(20(26)30)18(29)25-14-3-4-14/h5-8,12,14-15,19,24,30H,3-4,9-11H2,1-2H3,(H,23,28)(H,25,29). The van der Waals surface area contributed by atoms with Crippen LogP contribution in [0.2, 0.25) is 0 Å². The summed E-state index contributed by atoms with van der Waals surface area (Å²) in [4.78, 5) is 44.2. The molecule has 1 aliphatic carbocycles. The molecule has 0 spiro atoms. The minimum absolute atomic E-state index is 0.0510. The number of fused-ring (bicyclic) bond motifs is 1. The number of aliphatic hydroxyl groups is 1. The van der Waals surface area contributed by atoms with Crippen molar-refractivity contribution in [2.45, 2.75) is 45.4 Å². The lowest BCUT2D eigenvalue weighted by atomic mass is 10.0. The van der Waals surface area contributed by atoms with Gasteiger partial charge in [-0.15, -0.1) is 0 Å². The van der Waals surface area contributed by atoms with Gasteiger partial charge >= 0.3 is 0 Å². The van der Waals surface area contributed by atoms with Gasteiger partial charge in [-0.25, -0.2) is 10.4 Å². The summed E-state index contributed by atoms with van der Waals surface area (Å²) in [5, 5.41) is 17.9. The van der Waals surface area contributed by atoms with E-state index in [4.69, 9.17) is 0 Å². The van der Waals surface area contributed by atoms with Crippen molar-refractivity contribution >= 4 is 17.7 Å². The minimum Gasteiger partial charge on any atom is -0.494 e. The van der Waals surface area contributed by atoms with E-state index in [0.717, 1.165) is 18.4 Å². The van der Waals surface area contributed by atoms with Crippen LogP contribution in [0.5, 0.6) is 0 Å². The second kappa shape index (κ2) is 8.54. The number of carbonyl (C=O) groups is 3. The molecule has 10 heteroatoms. The van der Waals surface area contributed by atoms with E-state index in [-0.39, 0.29) is 35.9 Å². The van der Waals surface area contributed by atoms with Crippen molar-refractivity contribution in [1.82, 2.24) is 31.0 Å². The highest BCUT2D eigenvalue weighted by molar-refractivity contribution is 6.19. The van der Waals surface area contributed by atoms with E-state index in [1.807, 2.05) is 26.0 Å². The molecule has 2 atom stereocenters. The maximum atomic E-state index is 13.1. The molecule has 2 unspecified atom stereocenters. The summed E-state index contributed by atoms with van der Waals surface area (Å²) in [6.45, 7) is 4.88. The van der Waals surface area contributed by atoms with Crippen LogP contribution in [0.1, 0.15) is 32.3 Å². The van der Waals surface area contributed by atoms with E-state index in [9.17, 15) is 19.5 Å². The number of nitrogens with zero attached hydrogens (tertiary/aromatic N) is 3. The zero-order valence-corrected chi connectivity index (χ0v) is 17.7. The average molecular weight is 428 g/mol. The van der Waals surface area contributed by atoms with Gasteiger partial charge in [0.1, 0.15) is 6.17 Å². The van der Waals surface area contributed by atoms with Gasteiger partial charge in [-0.3, -0.25) is 19.4 Å². The van der Waals surface area contributed by atoms with E-state index in [1.54, 1.807) is 17.3 Å². The Kier molecular flexibility index (Phi) is 5.81. The van der Waals surface area contributed by atoms with Gasteiger partial charge in [0.2, 0.25) is 11.8 Å². The average Bonchev–Trinajstić information content (AvgIpc) is 3.43. The molecule has 3 amide bonds. The van der Waals surface area contributed by atoms with Crippen molar-refractivity contribution in [3.63, 3.8) is 0 Å². The Bertz CT molecular complexity index is 898. The van der Waals surface area contributed by atoms with Gasteiger partial charge in [-0.2, -0.15) is 0 Å². The van der Waals surface area contributed by atoms with Crippen LogP contribution in [-0.4, -0.2) is 63.0 Å². The van der Waals surface area contributed by atoms with Crippen LogP contribution in [0.25, 0.3) is 0 Å². The number of rotatable bonds is 7. The molecule has 1 saturated carbocycles. The summed E-state index contributed by atoms with van der Waals surface area (Å²) in [6.07, 6.45) is 4.33. The highest BCUT2D eigenvalue weighted by Crippen LogP contribution is 2.32. The van der Waals surface area contributed by atoms with E-state index in [2.05, 4.69) is 21.0 Å². The molecule has 0 bridgehead atoms. The maximum Gasteiger partial charge on any atom is 0.280 e. The van der Waals surface area contributed by atoms with Crippen LogP contribution in [-0.2, 0) is 20.9 Å². The zero-order chi connectivity index (χ0) is 22.1. The van der Waals surface area contributed by atoms with Gasteiger partial charge in [0.05, 0.1) is 5.92 Å². The van der Waals surface area contributed by atoms with Crippen LogP contribution in [0.3, 0.4) is 0 Å². The Morgan fingerprint density at radius 3 is 2.65 bits per heavy atom. The molecule has 0 aromatic carbocycles. The van der Waals surface area contributed by atoms with Gasteiger partial charge in [0.15, 0.2) is 5.57 Å². The Hall–Kier alpha value is -3.14. The van der Waals surface area contributed by atoms with Gasteiger partial charge in [-0.05, 0) is 36.5 Å². The fourth-order valence-corrected chi connectivity index (χ4v) is 3.93. The number of pyridine rings is 1. The third kappa shape index (κ3) is 4.34. The van der Waals surface area contributed by atoms with Crippen LogP contribution >= 0.6 is 0 Å². The SMILES string of the molecule is CC(C)CN1C(O)=C(C(=O)NC2CC2)C(=O)N2NCC(C(=O)NCc3ccncc3)C12. The molecule has 166 valence electrons. The minimum atomic E-state index is -0.718. The quantitative estimate of drug-likeness (QED) is 0.451. The van der Waals surface area contributed by atoms with Crippen molar-refractivity contribution in [2.24, 2.45) is 11.8 Å². The second-order valence-corrected chi connectivity index (χ2v) is 8.62. The number of hydrazine groups is 1. The van der Waals surface area contributed by atoms with Crippen molar-refractivity contribution in [2.75, 3.05) is 13.1 Å². The van der Waals surface area contributed by atoms with Crippen LogP contribution in [0.15, 0.2) is 36.0 Å². The molecule has 1 aromatic rings. The predicted molar refractivity (Wildman–Crippen MR) is 111 cm³/mol. The van der Waals surface area contributed by atoms with Gasteiger partial charge < -0.3 is 20.6 Å². The first-order chi connectivity index (χ1) is 14.9. The third-order valence-electron chi connectivity index (χ3n) is 5.61. The first-order valence-electron chi connectivity index (χ1n) is 10.6. The first kappa shape index (κ1) is 21.1. The van der Waals surface area contributed by atoms with Gasteiger partial charge in [-0.1, -0.05) is 13.8 Å². The van der Waals surface area contributed by atoms with Crippen LogP contribution < -0.4 is 16.1 Å². The summed E-state index contributed by atoms with van der Waals surface area (Å²) in [6, 6.07) is 3.68. The molecule has 10 nitrogen and oxygen atoms in total. The van der Waals surface area contributed by atoms with E-state index in [1.165, 1.54) is 5.01 Å². The summed E-state index contributed by atoms with van der Waals surface area (Å²) >= 11 is 0.